The summed E-state index contributed by atoms with van der Waals surface area (Å²) in [6.07, 6.45) is 2.51. The van der Waals surface area contributed by atoms with E-state index in [4.69, 9.17) is 4.74 Å². The largest absolute Gasteiger partial charge is 0.381 e. The zero-order valence-corrected chi connectivity index (χ0v) is 20.9. The first-order chi connectivity index (χ1) is 13.5. The van der Waals surface area contributed by atoms with E-state index in [1.807, 2.05) is 7.05 Å². The van der Waals surface area contributed by atoms with Gasteiger partial charge in [0.1, 0.15) is 0 Å². The fraction of sp³-hybridized carbons (Fsp3) is 0.696. The molecule has 1 N–H and O–H groups in total. The molecule has 0 aromatic heterocycles. The van der Waals surface area contributed by atoms with Crippen LogP contribution in [0.3, 0.4) is 0 Å². The lowest BCUT2D eigenvalue weighted by atomic mass is 9.91. The normalized spacial score (nSPS) is 25.5. The second-order valence-corrected chi connectivity index (χ2v) is 8.92. The topological polar surface area (TPSA) is 40.1 Å². The zero-order valence-electron chi connectivity index (χ0n) is 18.6. The van der Waals surface area contributed by atoms with E-state index >= 15 is 0 Å². The molecule has 0 saturated carbocycles. The van der Waals surface area contributed by atoms with Crippen LogP contribution in [0.4, 0.5) is 0 Å². The maximum absolute atomic E-state index is 5.51. The Balaban J connectivity index is 0.00000300. The van der Waals surface area contributed by atoms with E-state index in [2.05, 4.69) is 65.3 Å². The van der Waals surface area contributed by atoms with Gasteiger partial charge < -0.3 is 15.0 Å². The molecule has 2 saturated heterocycles. The van der Waals surface area contributed by atoms with Crippen molar-refractivity contribution >= 4 is 29.9 Å². The second-order valence-electron chi connectivity index (χ2n) is 8.92. The number of likely N-dealkylation sites (tertiary alicyclic amines) is 1. The summed E-state index contributed by atoms with van der Waals surface area (Å²) in [5.41, 5.74) is 2.80. The van der Waals surface area contributed by atoms with Crippen LogP contribution in [0.1, 0.15) is 37.8 Å². The monoisotopic (exact) mass is 514 g/mol. The Kier molecular flexibility index (Phi) is 10.2. The van der Waals surface area contributed by atoms with Gasteiger partial charge in [-0.25, -0.2) is 0 Å². The quantitative estimate of drug-likeness (QED) is 0.356. The first-order valence-electron chi connectivity index (χ1n) is 10.8. The summed E-state index contributed by atoms with van der Waals surface area (Å²) in [5, 5.41) is 3.57. The summed E-state index contributed by atoms with van der Waals surface area (Å²) < 4.78 is 5.51. The van der Waals surface area contributed by atoms with Crippen molar-refractivity contribution in [2.24, 2.45) is 22.7 Å². The Morgan fingerprint density at radius 2 is 1.90 bits per heavy atom. The minimum atomic E-state index is 0. The summed E-state index contributed by atoms with van der Waals surface area (Å²) in [6.45, 7) is 11.8. The second kappa shape index (κ2) is 12.1. The van der Waals surface area contributed by atoms with Gasteiger partial charge in [-0.2, -0.15) is 0 Å². The number of halogens is 1. The third-order valence-electron chi connectivity index (χ3n) is 6.02. The number of hydrogen-bond donors (Lipinski definition) is 1. The van der Waals surface area contributed by atoms with Crippen LogP contribution in [-0.4, -0.2) is 62.7 Å². The Hall–Kier alpha value is -0.860. The lowest BCUT2D eigenvalue weighted by molar-refractivity contribution is 0.134. The predicted molar refractivity (Wildman–Crippen MR) is 132 cm³/mol. The fourth-order valence-corrected chi connectivity index (χ4v) is 4.81. The summed E-state index contributed by atoms with van der Waals surface area (Å²) >= 11 is 0. The summed E-state index contributed by atoms with van der Waals surface area (Å²) in [7, 11) is 3.99. The van der Waals surface area contributed by atoms with Crippen LogP contribution in [-0.2, 0) is 17.8 Å². The maximum atomic E-state index is 5.51. The van der Waals surface area contributed by atoms with Crippen molar-refractivity contribution in [1.29, 1.82) is 0 Å². The van der Waals surface area contributed by atoms with Gasteiger partial charge in [-0.1, -0.05) is 38.1 Å². The highest BCUT2D eigenvalue weighted by atomic mass is 127. The molecule has 2 aliphatic heterocycles. The van der Waals surface area contributed by atoms with Crippen LogP contribution in [0, 0.1) is 17.8 Å². The lowest BCUT2D eigenvalue weighted by Crippen LogP contribution is -2.41. The molecule has 0 bridgehead atoms. The van der Waals surface area contributed by atoms with Crippen LogP contribution < -0.4 is 5.32 Å². The molecule has 5 nitrogen and oxygen atoms in total. The van der Waals surface area contributed by atoms with Gasteiger partial charge >= 0.3 is 0 Å². The summed E-state index contributed by atoms with van der Waals surface area (Å²) in [6, 6.07) is 8.83. The number of ether oxygens (including phenoxy) is 1. The third kappa shape index (κ3) is 7.40. The van der Waals surface area contributed by atoms with Crippen molar-refractivity contribution < 1.29 is 4.74 Å². The smallest absolute Gasteiger partial charge is 0.193 e. The first-order valence-corrected chi connectivity index (χ1v) is 10.8. The van der Waals surface area contributed by atoms with Crippen LogP contribution in [0.25, 0.3) is 0 Å². The van der Waals surface area contributed by atoms with E-state index in [0.29, 0.717) is 5.92 Å². The molecular weight excluding hydrogens is 475 g/mol. The van der Waals surface area contributed by atoms with Crippen LogP contribution >= 0.6 is 24.0 Å². The summed E-state index contributed by atoms with van der Waals surface area (Å²) in [5.74, 6) is 3.16. The average Bonchev–Trinajstić information content (AvgIpc) is 3.15. The number of piperidine rings is 1. The van der Waals surface area contributed by atoms with E-state index in [1.54, 1.807) is 0 Å². The van der Waals surface area contributed by atoms with Crippen molar-refractivity contribution in [2.45, 2.75) is 39.8 Å². The molecule has 2 fully saturated rings. The molecule has 0 aliphatic carbocycles. The molecule has 164 valence electrons. The molecule has 2 aliphatic rings. The maximum Gasteiger partial charge on any atom is 0.193 e. The number of guanidine groups is 1. The van der Waals surface area contributed by atoms with E-state index in [1.165, 1.54) is 30.6 Å². The Bertz CT molecular complexity index is 638. The lowest BCUT2D eigenvalue weighted by Gasteiger charge is -2.35. The number of nitrogens with zero attached hydrogens (tertiary/aromatic N) is 3. The van der Waals surface area contributed by atoms with Gasteiger partial charge in [-0.05, 0) is 35.8 Å². The molecule has 3 atom stereocenters. The predicted octanol–water partition coefficient (Wildman–Crippen LogP) is 3.83. The van der Waals surface area contributed by atoms with E-state index in [-0.39, 0.29) is 24.0 Å². The highest BCUT2D eigenvalue weighted by molar-refractivity contribution is 14.0. The molecule has 0 amide bonds. The van der Waals surface area contributed by atoms with E-state index in [9.17, 15) is 0 Å². The first kappa shape index (κ1) is 24.4. The molecule has 0 radical (unpaired) electrons. The molecule has 1 aromatic rings. The number of nitrogens with one attached hydrogen (secondary N) is 1. The molecule has 3 rings (SSSR count). The van der Waals surface area contributed by atoms with Crippen molar-refractivity contribution in [2.75, 3.05) is 46.9 Å². The van der Waals surface area contributed by atoms with Gasteiger partial charge in [0.05, 0.1) is 6.61 Å². The average molecular weight is 514 g/mol. The van der Waals surface area contributed by atoms with Gasteiger partial charge in [-0.15, -0.1) is 24.0 Å². The Morgan fingerprint density at radius 1 is 1.21 bits per heavy atom. The highest BCUT2D eigenvalue weighted by Crippen LogP contribution is 2.23. The van der Waals surface area contributed by atoms with Crippen molar-refractivity contribution in [1.82, 2.24) is 15.1 Å². The van der Waals surface area contributed by atoms with Gasteiger partial charge in [0.15, 0.2) is 5.96 Å². The standard InChI is InChI=1S/C23H38N4O.HI/c1-18-11-19(2)14-27(13-18)16-22-8-6-5-7-21(22)12-25-23(24-3)26(4)15-20-9-10-28-17-20;/h5-8,18-20H,9-17H2,1-4H3,(H,24,25);1H. The molecular formula is C23H39IN4O. The van der Waals surface area contributed by atoms with Crippen LogP contribution in [0.2, 0.25) is 0 Å². The number of benzene rings is 1. The van der Waals surface area contributed by atoms with Gasteiger partial charge in [0, 0.05) is 59.3 Å². The Labute approximate surface area is 194 Å². The minimum absolute atomic E-state index is 0. The van der Waals surface area contributed by atoms with Gasteiger partial charge in [0.2, 0.25) is 0 Å². The molecule has 1 aromatic carbocycles. The van der Waals surface area contributed by atoms with Crippen LogP contribution in [0.5, 0.6) is 0 Å². The van der Waals surface area contributed by atoms with Crippen molar-refractivity contribution in [3.63, 3.8) is 0 Å². The molecule has 2 heterocycles. The van der Waals surface area contributed by atoms with Crippen molar-refractivity contribution in [3.05, 3.63) is 35.4 Å². The van der Waals surface area contributed by atoms with Crippen molar-refractivity contribution in [3.8, 4) is 0 Å². The molecule has 3 unspecified atom stereocenters. The summed E-state index contributed by atoms with van der Waals surface area (Å²) in [4.78, 5) is 9.35. The zero-order chi connectivity index (χ0) is 19.9. The molecule has 6 heteroatoms. The minimum Gasteiger partial charge on any atom is -0.381 e. The van der Waals surface area contributed by atoms with E-state index in [0.717, 1.165) is 57.1 Å². The van der Waals surface area contributed by atoms with Gasteiger partial charge in [-0.3, -0.25) is 9.89 Å². The molecule has 29 heavy (non-hydrogen) atoms. The SMILES string of the molecule is CN=C(NCc1ccccc1CN1CC(C)CC(C)C1)N(C)CC1CCOC1.I. The molecule has 0 spiro atoms. The third-order valence-corrected chi connectivity index (χ3v) is 6.02. The van der Waals surface area contributed by atoms with Crippen LogP contribution in [0.15, 0.2) is 29.3 Å². The van der Waals surface area contributed by atoms with Gasteiger partial charge in [0.25, 0.3) is 0 Å². The fourth-order valence-electron chi connectivity index (χ4n) is 4.81. The van der Waals surface area contributed by atoms with E-state index < -0.39 is 0 Å². The number of rotatable bonds is 6. The Morgan fingerprint density at radius 3 is 2.52 bits per heavy atom. The highest BCUT2D eigenvalue weighted by Gasteiger charge is 2.22. The number of hydrogen-bond acceptors (Lipinski definition) is 3. The number of aliphatic imine (C=N–C) groups is 1.